The lowest BCUT2D eigenvalue weighted by Crippen LogP contribution is -2.72. The van der Waals surface area contributed by atoms with E-state index in [0.29, 0.717) is 45.5 Å². The molecule has 5 aliphatic heterocycles. The van der Waals surface area contributed by atoms with Gasteiger partial charge in [-0.05, 0) is 102 Å². The van der Waals surface area contributed by atoms with E-state index in [1.807, 2.05) is 0 Å². The van der Waals surface area contributed by atoms with E-state index in [9.17, 15) is 0 Å². The molecule has 5 fully saturated rings. The van der Waals surface area contributed by atoms with Crippen LogP contribution >= 0.6 is 0 Å². The summed E-state index contributed by atoms with van der Waals surface area (Å²) in [6.07, 6.45) is 2.15. The molecule has 0 aliphatic carbocycles. The summed E-state index contributed by atoms with van der Waals surface area (Å²) in [5, 5.41) is 4.52. The van der Waals surface area contributed by atoms with Gasteiger partial charge in [-0.3, -0.25) is 0 Å². The molecule has 5 aromatic carbocycles. The highest BCUT2D eigenvalue weighted by Crippen LogP contribution is 2.56. The maximum atomic E-state index is 7.78. The Labute approximate surface area is 496 Å². The number of ether oxygens (including phenoxy) is 6. The molecule has 0 amide bonds. The molecule has 0 bridgehead atoms. The average Bonchev–Trinajstić information content (AvgIpc) is 1.83. The Bertz CT molecular complexity index is 2840. The highest BCUT2D eigenvalue weighted by molar-refractivity contribution is 7.00. The first-order valence-corrected chi connectivity index (χ1v) is 37.4. The molecule has 0 saturated carbocycles. The van der Waals surface area contributed by atoms with E-state index in [1.54, 1.807) is 0 Å². The van der Waals surface area contributed by atoms with Gasteiger partial charge in [-0.2, -0.15) is 0 Å². The molecule has 0 aromatic heterocycles. The Balaban J connectivity index is 0.954. The van der Waals surface area contributed by atoms with Crippen LogP contribution in [0, 0.1) is 0 Å². The average molecular weight is 1170 g/mol. The molecule has 10 rings (SSSR count). The molecule has 444 valence electrons. The van der Waals surface area contributed by atoms with Crippen LogP contribution in [0.4, 0.5) is 0 Å². The highest BCUT2D eigenvalue weighted by Gasteiger charge is 2.66. The zero-order chi connectivity index (χ0) is 58.8. The van der Waals surface area contributed by atoms with Crippen molar-refractivity contribution in [1.29, 1.82) is 0 Å². The molecule has 0 spiro atoms. The Kier molecular flexibility index (Phi) is 16.9. The van der Waals surface area contributed by atoms with E-state index >= 15 is 0 Å². The fraction of sp³-hybridized carbons (Fsp3) is 0.571. The summed E-state index contributed by atoms with van der Waals surface area (Å²) >= 11 is 0. The predicted molar refractivity (Wildman–Crippen MR) is 338 cm³/mol. The van der Waals surface area contributed by atoms with E-state index in [4.69, 9.17) is 41.7 Å². The monoisotopic (exact) mass is 1170 g/mol. The zero-order valence-corrected chi connectivity index (χ0v) is 55.5. The summed E-state index contributed by atoms with van der Waals surface area (Å²) in [6, 6.07) is 54.1. The van der Waals surface area contributed by atoms with Crippen molar-refractivity contribution in [2.24, 2.45) is 0 Å². The van der Waals surface area contributed by atoms with Crippen molar-refractivity contribution in [3.63, 3.8) is 0 Å². The van der Waals surface area contributed by atoms with Gasteiger partial charge in [0.15, 0.2) is 8.32 Å². The quantitative estimate of drug-likeness (QED) is 0.0952. The maximum absolute atomic E-state index is 7.78. The minimum atomic E-state index is -2.97. The van der Waals surface area contributed by atoms with E-state index in [2.05, 4.69) is 262 Å². The van der Waals surface area contributed by atoms with Crippen LogP contribution in [0.1, 0.15) is 141 Å². The fourth-order valence-corrected chi connectivity index (χ4v) is 25.3. The first-order valence-electron chi connectivity index (χ1n) is 30.7. The molecule has 9 nitrogen and oxygen atoms in total. The Hall–Kier alpha value is -3.61. The van der Waals surface area contributed by atoms with Gasteiger partial charge >= 0.3 is 0 Å². The van der Waals surface area contributed by atoms with E-state index in [-0.39, 0.29) is 57.8 Å². The Morgan fingerprint density at radius 1 is 0.476 bits per heavy atom. The molecular formula is C70H98O9Si3. The second-order valence-electron chi connectivity index (χ2n) is 29.7. The van der Waals surface area contributed by atoms with E-state index in [1.165, 1.54) is 20.7 Å². The van der Waals surface area contributed by atoms with Gasteiger partial charge in [0.05, 0.1) is 78.8 Å². The molecule has 82 heavy (non-hydrogen) atoms. The third-order valence-electron chi connectivity index (χ3n) is 20.4. The molecule has 5 heterocycles. The van der Waals surface area contributed by atoms with Crippen LogP contribution in [0.2, 0.25) is 28.2 Å². The van der Waals surface area contributed by atoms with Gasteiger partial charge in [-0.15, -0.1) is 0 Å². The van der Waals surface area contributed by atoms with Crippen molar-refractivity contribution in [3.05, 3.63) is 157 Å². The second kappa shape index (κ2) is 22.6. The third kappa shape index (κ3) is 11.5. The van der Waals surface area contributed by atoms with Gasteiger partial charge in [0.2, 0.25) is 0 Å². The molecule has 0 unspecified atom stereocenters. The Morgan fingerprint density at radius 2 is 0.927 bits per heavy atom. The number of benzene rings is 5. The van der Waals surface area contributed by atoms with Crippen LogP contribution < -0.4 is 20.7 Å². The first kappa shape index (κ1) is 61.5. The SMILES string of the molecule is CC(C)(C)[Si](C)(C)O[C@H]1C[C@@]2(C)O[C@@]3(C)CC[C@@]4(C)O[C@H]5C[C@@H](OCc6ccccc6)[C@](C)(CO[Si](c6ccccc6)(c6ccccc6)C(C)(C)C)O[C@]5(C)C[C@@H]4O[C@@H]3C[C@@H]2O[C@@H]1CO[Si](c1ccccc1)(c1ccccc1)C(C)(C)C. The zero-order valence-electron chi connectivity index (χ0n) is 52.5. The molecule has 0 N–H and O–H groups in total. The first-order chi connectivity index (χ1) is 38.5. The van der Waals surface area contributed by atoms with Crippen LogP contribution in [0.3, 0.4) is 0 Å². The molecule has 12 atom stereocenters. The lowest BCUT2D eigenvalue weighted by atomic mass is 9.73. The summed E-state index contributed by atoms with van der Waals surface area (Å²) < 4.78 is 68.4. The lowest BCUT2D eigenvalue weighted by Gasteiger charge is -2.60. The van der Waals surface area contributed by atoms with Gasteiger partial charge < -0.3 is 41.7 Å². The van der Waals surface area contributed by atoms with Crippen LogP contribution in [-0.2, 0) is 48.3 Å². The van der Waals surface area contributed by atoms with Gasteiger partial charge in [0, 0.05) is 25.7 Å². The summed E-state index contributed by atoms with van der Waals surface area (Å²) in [4.78, 5) is 0. The molecule has 5 aromatic rings. The molecule has 0 radical (unpaired) electrons. The van der Waals surface area contributed by atoms with Gasteiger partial charge in [0.25, 0.3) is 16.6 Å². The van der Waals surface area contributed by atoms with E-state index in [0.717, 1.165) is 18.4 Å². The maximum Gasteiger partial charge on any atom is 0.261 e. The van der Waals surface area contributed by atoms with Crippen LogP contribution in [0.5, 0.6) is 0 Å². The van der Waals surface area contributed by atoms with Crippen molar-refractivity contribution < 1.29 is 41.7 Å². The number of hydrogen-bond acceptors (Lipinski definition) is 9. The van der Waals surface area contributed by atoms with Crippen molar-refractivity contribution >= 4 is 45.7 Å². The number of hydrogen-bond donors (Lipinski definition) is 0. The molecule has 5 saturated heterocycles. The standard InChI is InChI=1S/C70H98O9Si3/c1-63(2,3)80(15,16)77-56-46-68(12)60(74-57(56)49-72-81(64(4,5)6,52-34-24-18-25-35-52)53-36-26-19-27-37-53)45-59-67(11,78-68)43-42-66(10)62(75-59)47-69(13)61(76-66)44-58(71-48-51-32-22-17-23-33-51)70(14,79-69)50-73-82(65(7,8)9,54-38-28-20-29-39-54)55-40-30-21-31-41-55/h17-41,56-62H,42-50H2,1-16H3/t56-,57+,58+,59+,60-,61-,62-,66+,67-,68+,69+,70-/m0/s1. The molecular weight excluding hydrogens is 1070 g/mol. The topological polar surface area (TPSA) is 83.1 Å². The predicted octanol–water partition coefficient (Wildman–Crippen LogP) is 13.2. The minimum absolute atomic E-state index is 0.0153. The van der Waals surface area contributed by atoms with Crippen molar-refractivity contribution in [2.45, 2.75) is 241 Å². The van der Waals surface area contributed by atoms with Gasteiger partial charge in [-0.25, -0.2) is 0 Å². The van der Waals surface area contributed by atoms with E-state index < -0.39 is 53.0 Å². The van der Waals surface area contributed by atoms with Crippen molar-refractivity contribution in [3.8, 4) is 0 Å². The number of fused-ring (bicyclic) bond motifs is 4. The summed E-state index contributed by atoms with van der Waals surface area (Å²) in [5.74, 6) is 0. The third-order valence-corrected chi connectivity index (χ3v) is 34.9. The molecule has 5 aliphatic rings. The number of rotatable bonds is 15. The highest BCUT2D eigenvalue weighted by atomic mass is 28.4. The van der Waals surface area contributed by atoms with Gasteiger partial charge in [0.1, 0.15) is 11.7 Å². The lowest BCUT2D eigenvalue weighted by molar-refractivity contribution is -0.355. The second-order valence-corrected chi connectivity index (χ2v) is 43.0. The van der Waals surface area contributed by atoms with Crippen LogP contribution in [-0.4, -0.2) is 109 Å². The van der Waals surface area contributed by atoms with Gasteiger partial charge in [-0.1, -0.05) is 214 Å². The van der Waals surface area contributed by atoms with Crippen molar-refractivity contribution in [2.75, 3.05) is 13.2 Å². The normalized spacial score (nSPS) is 32.8. The van der Waals surface area contributed by atoms with Crippen molar-refractivity contribution in [1.82, 2.24) is 0 Å². The largest absolute Gasteiger partial charge is 0.411 e. The Morgan fingerprint density at radius 3 is 1.41 bits per heavy atom. The summed E-state index contributed by atoms with van der Waals surface area (Å²) in [5.41, 5.74) is -2.36. The van der Waals surface area contributed by atoms with Crippen LogP contribution in [0.25, 0.3) is 0 Å². The minimum Gasteiger partial charge on any atom is -0.411 e. The summed E-state index contributed by atoms with van der Waals surface area (Å²) in [6.45, 7) is 38.1. The summed E-state index contributed by atoms with van der Waals surface area (Å²) in [7, 11) is -8.22. The molecule has 12 heteroatoms. The van der Waals surface area contributed by atoms with Crippen LogP contribution in [0.15, 0.2) is 152 Å². The fourth-order valence-electron chi connectivity index (χ4n) is 14.7. The smallest absolute Gasteiger partial charge is 0.261 e.